The summed E-state index contributed by atoms with van der Waals surface area (Å²) in [6.45, 7) is 2.29. The van der Waals surface area contributed by atoms with Gasteiger partial charge in [-0.15, -0.1) is 0 Å². The third-order valence-corrected chi connectivity index (χ3v) is 5.11. The van der Waals surface area contributed by atoms with Gasteiger partial charge in [0.05, 0.1) is 6.61 Å². The largest absolute Gasteiger partial charge is 0.493 e. The summed E-state index contributed by atoms with van der Waals surface area (Å²) >= 11 is 0. The highest BCUT2D eigenvalue weighted by Gasteiger charge is 2.45. The number of allylic oxidation sites excluding steroid dienone is 4. The molecule has 1 heterocycles. The Morgan fingerprint density at radius 3 is 2.61 bits per heavy atom. The molecule has 150 valence electrons. The van der Waals surface area contributed by atoms with Gasteiger partial charge in [0.25, 0.3) is 0 Å². The van der Waals surface area contributed by atoms with Crippen LogP contribution in [0.5, 0.6) is 5.75 Å². The molecule has 3 rings (SSSR count). The van der Waals surface area contributed by atoms with E-state index in [0.717, 1.165) is 23.3 Å². The van der Waals surface area contributed by atoms with Gasteiger partial charge in [-0.05, 0) is 36.6 Å². The molecular formula is C21H22F3NO3. The zero-order valence-corrected chi connectivity index (χ0v) is 15.6. The minimum atomic E-state index is -4.93. The lowest BCUT2D eigenvalue weighted by Crippen LogP contribution is -2.41. The monoisotopic (exact) mass is 393 g/mol. The fourth-order valence-corrected chi connectivity index (χ4v) is 3.67. The van der Waals surface area contributed by atoms with Crippen molar-refractivity contribution in [2.75, 3.05) is 13.2 Å². The Bertz CT molecular complexity index is 811. The van der Waals surface area contributed by atoms with E-state index in [1.54, 1.807) is 30.4 Å². The number of ether oxygens (including phenoxy) is 1. The normalized spacial score (nSPS) is 18.1. The summed E-state index contributed by atoms with van der Waals surface area (Å²) in [5.74, 6) is -1.45. The molecule has 0 aromatic heterocycles. The number of fused-ring (bicyclic) bond motifs is 2. The molecule has 0 bridgehead atoms. The molecule has 0 atom stereocenters. The molecule has 0 N–H and O–H groups in total. The topological polar surface area (TPSA) is 46.6 Å². The van der Waals surface area contributed by atoms with Crippen LogP contribution >= 0.6 is 0 Å². The first kappa shape index (κ1) is 20.2. The maximum absolute atomic E-state index is 13.0. The van der Waals surface area contributed by atoms with Gasteiger partial charge in [0.15, 0.2) is 5.78 Å². The lowest BCUT2D eigenvalue weighted by atomic mass is 9.73. The van der Waals surface area contributed by atoms with Crippen LogP contribution in [0.25, 0.3) is 0 Å². The lowest BCUT2D eigenvalue weighted by Gasteiger charge is -2.31. The second kappa shape index (κ2) is 7.81. The van der Waals surface area contributed by atoms with Crippen molar-refractivity contribution in [2.24, 2.45) is 0 Å². The Kier molecular flexibility index (Phi) is 5.63. The SMILES string of the molecule is CCCCOc1cccc2c1C1(C=CC(=O)C=C1)CCN(C(=O)C(F)(F)F)C2. The van der Waals surface area contributed by atoms with Crippen molar-refractivity contribution in [3.05, 3.63) is 53.6 Å². The van der Waals surface area contributed by atoms with E-state index in [1.165, 1.54) is 12.2 Å². The van der Waals surface area contributed by atoms with Gasteiger partial charge in [-0.2, -0.15) is 13.2 Å². The van der Waals surface area contributed by atoms with Gasteiger partial charge < -0.3 is 9.64 Å². The second-order valence-electron chi connectivity index (χ2n) is 7.08. The van der Waals surface area contributed by atoms with Crippen molar-refractivity contribution in [1.29, 1.82) is 0 Å². The summed E-state index contributed by atoms with van der Waals surface area (Å²) in [6.07, 6.45) is 3.37. The summed E-state index contributed by atoms with van der Waals surface area (Å²) in [7, 11) is 0. The number of rotatable bonds is 4. The molecule has 1 spiro atoms. The quantitative estimate of drug-likeness (QED) is 0.724. The van der Waals surface area contributed by atoms with E-state index >= 15 is 0 Å². The summed E-state index contributed by atoms with van der Waals surface area (Å²) in [4.78, 5) is 24.4. The van der Waals surface area contributed by atoms with Crippen LogP contribution in [0.2, 0.25) is 0 Å². The first-order chi connectivity index (χ1) is 13.3. The number of carbonyl (C=O) groups excluding carboxylic acids is 2. The third kappa shape index (κ3) is 3.98. The summed E-state index contributed by atoms with van der Waals surface area (Å²) < 4.78 is 45.0. The standard InChI is InChI=1S/C21H22F3NO3/c1-2-3-13-28-17-6-4-5-15-14-25(19(27)21(22,23)24)12-11-20(18(15)17)9-7-16(26)8-10-20/h4-10H,2-3,11-14H2,1H3. The molecule has 0 saturated heterocycles. The highest BCUT2D eigenvalue weighted by atomic mass is 19.4. The molecule has 0 saturated carbocycles. The van der Waals surface area contributed by atoms with Crippen LogP contribution in [0.1, 0.15) is 37.3 Å². The second-order valence-corrected chi connectivity index (χ2v) is 7.08. The zero-order valence-electron chi connectivity index (χ0n) is 15.6. The minimum Gasteiger partial charge on any atom is -0.493 e. The smallest absolute Gasteiger partial charge is 0.471 e. The molecule has 1 aromatic carbocycles. The maximum atomic E-state index is 13.0. The molecular weight excluding hydrogens is 371 g/mol. The van der Waals surface area contributed by atoms with Gasteiger partial charge in [-0.1, -0.05) is 37.6 Å². The van der Waals surface area contributed by atoms with Crippen LogP contribution in [0.15, 0.2) is 42.5 Å². The number of hydrogen-bond donors (Lipinski definition) is 0. The Balaban J connectivity index is 2.06. The number of hydrogen-bond acceptors (Lipinski definition) is 3. The van der Waals surface area contributed by atoms with Gasteiger partial charge in [0, 0.05) is 24.1 Å². The lowest BCUT2D eigenvalue weighted by molar-refractivity contribution is -0.186. The van der Waals surface area contributed by atoms with Gasteiger partial charge in [-0.25, -0.2) is 0 Å². The maximum Gasteiger partial charge on any atom is 0.471 e. The number of carbonyl (C=O) groups is 2. The summed E-state index contributed by atoms with van der Waals surface area (Å²) in [6, 6.07) is 5.22. The van der Waals surface area contributed by atoms with Gasteiger partial charge in [-0.3, -0.25) is 9.59 Å². The van der Waals surface area contributed by atoms with Crippen molar-refractivity contribution >= 4 is 11.7 Å². The number of halogens is 3. The first-order valence-corrected chi connectivity index (χ1v) is 9.30. The molecule has 0 radical (unpaired) electrons. The molecule has 28 heavy (non-hydrogen) atoms. The van der Waals surface area contributed by atoms with E-state index in [2.05, 4.69) is 0 Å². The first-order valence-electron chi connectivity index (χ1n) is 9.30. The van der Waals surface area contributed by atoms with E-state index in [4.69, 9.17) is 4.74 Å². The number of amides is 1. The summed E-state index contributed by atoms with van der Waals surface area (Å²) in [5, 5.41) is 0. The van der Waals surface area contributed by atoms with E-state index in [-0.39, 0.29) is 25.3 Å². The molecule has 0 unspecified atom stereocenters. The predicted octanol–water partition coefficient (Wildman–Crippen LogP) is 4.09. The van der Waals surface area contributed by atoms with Crippen molar-refractivity contribution < 1.29 is 27.5 Å². The van der Waals surface area contributed by atoms with E-state index in [9.17, 15) is 22.8 Å². The molecule has 7 heteroatoms. The van der Waals surface area contributed by atoms with E-state index in [0.29, 0.717) is 17.9 Å². The Hall–Kier alpha value is -2.57. The number of ketones is 1. The van der Waals surface area contributed by atoms with Crippen LogP contribution in [-0.2, 0) is 21.5 Å². The fourth-order valence-electron chi connectivity index (χ4n) is 3.67. The Morgan fingerprint density at radius 2 is 1.96 bits per heavy atom. The number of alkyl halides is 3. The molecule has 1 aliphatic heterocycles. The van der Waals surface area contributed by atoms with Gasteiger partial charge >= 0.3 is 12.1 Å². The molecule has 1 aromatic rings. The van der Waals surface area contributed by atoms with Crippen LogP contribution in [-0.4, -0.2) is 35.9 Å². The number of nitrogens with zero attached hydrogens (tertiary/aromatic N) is 1. The number of unbranched alkanes of at least 4 members (excludes halogenated alkanes) is 1. The van der Waals surface area contributed by atoms with Crippen LogP contribution in [0.4, 0.5) is 13.2 Å². The highest BCUT2D eigenvalue weighted by molar-refractivity contribution is 6.01. The zero-order chi connectivity index (χ0) is 20.4. The van der Waals surface area contributed by atoms with Crippen molar-refractivity contribution in [3.8, 4) is 5.75 Å². The van der Waals surface area contributed by atoms with Gasteiger partial charge in [0.1, 0.15) is 5.75 Å². The predicted molar refractivity (Wildman–Crippen MR) is 97.9 cm³/mol. The van der Waals surface area contributed by atoms with Crippen molar-refractivity contribution in [3.63, 3.8) is 0 Å². The van der Waals surface area contributed by atoms with Crippen molar-refractivity contribution in [2.45, 2.75) is 44.3 Å². The Morgan fingerprint density at radius 1 is 1.25 bits per heavy atom. The highest BCUT2D eigenvalue weighted by Crippen LogP contribution is 2.44. The van der Waals surface area contributed by atoms with E-state index in [1.807, 2.05) is 6.92 Å². The molecule has 4 nitrogen and oxygen atoms in total. The summed E-state index contributed by atoms with van der Waals surface area (Å²) in [5.41, 5.74) is 0.531. The van der Waals surface area contributed by atoms with Gasteiger partial charge in [0.2, 0.25) is 0 Å². The molecule has 1 amide bonds. The van der Waals surface area contributed by atoms with Crippen LogP contribution in [0.3, 0.4) is 0 Å². The van der Waals surface area contributed by atoms with Crippen molar-refractivity contribution in [1.82, 2.24) is 4.90 Å². The molecule has 1 aliphatic carbocycles. The van der Waals surface area contributed by atoms with Crippen LogP contribution < -0.4 is 4.74 Å². The average Bonchev–Trinajstić information content (AvgIpc) is 2.81. The van der Waals surface area contributed by atoms with E-state index < -0.39 is 17.5 Å². The molecule has 2 aliphatic rings. The minimum absolute atomic E-state index is 0.0791. The number of benzene rings is 1. The fraction of sp³-hybridized carbons (Fsp3) is 0.429. The Labute approximate surface area is 161 Å². The third-order valence-electron chi connectivity index (χ3n) is 5.11. The average molecular weight is 393 g/mol. The molecule has 0 fully saturated rings. The van der Waals surface area contributed by atoms with Crippen LogP contribution in [0, 0.1) is 0 Å².